The van der Waals surface area contributed by atoms with Crippen molar-refractivity contribution in [2.45, 2.75) is 0 Å². The maximum absolute atomic E-state index is 8.25. The van der Waals surface area contributed by atoms with Crippen LogP contribution in [0, 0.1) is 46.0 Å². The van der Waals surface area contributed by atoms with Crippen molar-refractivity contribution in [3.05, 3.63) is 46.0 Å². The molecule has 102 valence electrons. The number of rotatable bonds is 0. The van der Waals surface area contributed by atoms with Gasteiger partial charge in [0.1, 0.15) is 0 Å². The van der Waals surface area contributed by atoms with Crippen LogP contribution < -0.4 is 0 Å². The standard InChI is InChI=1S/3Au.3NO3/c;;;3*2-1(3)4/q3*+1;3*-1. The van der Waals surface area contributed by atoms with Gasteiger partial charge in [-0.15, -0.1) is 0 Å². The largest absolute Gasteiger partial charge is 1.00 e. The van der Waals surface area contributed by atoms with E-state index in [2.05, 4.69) is 0 Å². The molecule has 15 heavy (non-hydrogen) atoms. The molecular formula is Au3N3O9. The second-order valence-electron chi connectivity index (χ2n) is 0.671. The summed E-state index contributed by atoms with van der Waals surface area (Å²) in [5, 5.41) is 44.2. The minimum Gasteiger partial charge on any atom is -0.356 e. The van der Waals surface area contributed by atoms with Crippen LogP contribution in [0.2, 0.25) is 0 Å². The van der Waals surface area contributed by atoms with Crippen LogP contribution in [-0.4, -0.2) is 15.3 Å². The third-order valence-electron chi connectivity index (χ3n) is 0. The summed E-state index contributed by atoms with van der Waals surface area (Å²) in [6.07, 6.45) is 0. The number of nitrogens with zero attached hydrogens (tertiary/aromatic N) is 3. The van der Waals surface area contributed by atoms with Crippen molar-refractivity contribution in [3.63, 3.8) is 0 Å². The van der Waals surface area contributed by atoms with Gasteiger partial charge in [0, 0.05) is 0 Å². The normalized spacial score (nSPS) is 4.80. The molecular weight excluding hydrogens is 777 g/mol. The first-order chi connectivity index (χ1) is 5.20. The van der Waals surface area contributed by atoms with E-state index in [0.29, 0.717) is 0 Å². The molecule has 0 aromatic carbocycles. The Morgan fingerprint density at radius 3 is 0.467 bits per heavy atom. The molecule has 0 rings (SSSR count). The summed E-state index contributed by atoms with van der Waals surface area (Å²) in [4.78, 5) is 24.8. The predicted molar refractivity (Wildman–Crippen MR) is 31.1 cm³/mol. The summed E-state index contributed by atoms with van der Waals surface area (Å²) in [7, 11) is 0. The average molecular weight is 777 g/mol. The fourth-order valence-corrected chi connectivity index (χ4v) is 0. The van der Waals surface area contributed by atoms with E-state index in [1.165, 1.54) is 0 Å². The molecule has 0 saturated carbocycles. The zero-order chi connectivity index (χ0) is 10.7. The Kier molecular flexibility index (Phi) is 70.8. The fraction of sp³-hybridized carbons (Fsp3) is 0. The van der Waals surface area contributed by atoms with Crippen LogP contribution in [0.15, 0.2) is 0 Å². The van der Waals surface area contributed by atoms with Crippen LogP contribution in [0.5, 0.6) is 0 Å². The molecule has 0 aliphatic carbocycles. The molecule has 0 N–H and O–H groups in total. The quantitative estimate of drug-likeness (QED) is 0.173. The van der Waals surface area contributed by atoms with E-state index in [-0.39, 0.29) is 67.1 Å². The summed E-state index contributed by atoms with van der Waals surface area (Å²) in [6, 6.07) is 0. The smallest absolute Gasteiger partial charge is 0.356 e. The Morgan fingerprint density at radius 2 is 0.467 bits per heavy atom. The van der Waals surface area contributed by atoms with Crippen LogP contribution in [-0.2, 0) is 67.1 Å². The Labute approximate surface area is 127 Å². The summed E-state index contributed by atoms with van der Waals surface area (Å²) < 4.78 is 0. The topological polar surface area (TPSA) is 199 Å². The molecule has 15 heteroatoms. The summed E-state index contributed by atoms with van der Waals surface area (Å²) in [6.45, 7) is 0. The van der Waals surface area contributed by atoms with Gasteiger partial charge >= 0.3 is 67.1 Å². The Morgan fingerprint density at radius 1 is 0.467 bits per heavy atom. The van der Waals surface area contributed by atoms with Gasteiger partial charge in [-0.1, -0.05) is 0 Å². The molecule has 0 atom stereocenters. The van der Waals surface area contributed by atoms with Crippen molar-refractivity contribution in [1.29, 1.82) is 0 Å². The number of hydrogen-bond acceptors (Lipinski definition) is 9. The summed E-state index contributed by atoms with van der Waals surface area (Å²) in [5.74, 6) is 0. The first-order valence-electron chi connectivity index (χ1n) is 1.64. The molecule has 0 heterocycles. The van der Waals surface area contributed by atoms with Crippen LogP contribution >= 0.6 is 0 Å². The van der Waals surface area contributed by atoms with Gasteiger partial charge in [0.15, 0.2) is 0 Å². The van der Waals surface area contributed by atoms with Crippen molar-refractivity contribution in [2.24, 2.45) is 0 Å². The first-order valence-corrected chi connectivity index (χ1v) is 1.64. The van der Waals surface area contributed by atoms with Crippen molar-refractivity contribution in [1.82, 2.24) is 0 Å². The van der Waals surface area contributed by atoms with Crippen LogP contribution in [0.25, 0.3) is 0 Å². The molecule has 0 amide bonds. The second-order valence-corrected chi connectivity index (χ2v) is 0.671. The van der Waals surface area contributed by atoms with Gasteiger partial charge < -0.3 is 46.0 Å². The Hall–Kier alpha value is -0.179. The summed E-state index contributed by atoms with van der Waals surface area (Å²) >= 11 is 0. The van der Waals surface area contributed by atoms with E-state index < -0.39 is 15.3 Å². The van der Waals surface area contributed by atoms with Gasteiger partial charge in [-0.25, -0.2) is 0 Å². The van der Waals surface area contributed by atoms with Crippen molar-refractivity contribution < 1.29 is 82.4 Å². The van der Waals surface area contributed by atoms with E-state index in [4.69, 9.17) is 46.0 Å². The van der Waals surface area contributed by atoms with Crippen molar-refractivity contribution >= 4 is 0 Å². The van der Waals surface area contributed by atoms with Crippen LogP contribution in [0.1, 0.15) is 0 Å². The fourth-order valence-electron chi connectivity index (χ4n) is 0. The molecule has 0 unspecified atom stereocenters. The maximum Gasteiger partial charge on any atom is 1.00 e. The van der Waals surface area contributed by atoms with E-state index in [1.807, 2.05) is 0 Å². The van der Waals surface area contributed by atoms with Gasteiger partial charge in [-0.05, 0) is 0 Å². The van der Waals surface area contributed by atoms with Gasteiger partial charge in [-0.2, -0.15) is 0 Å². The average Bonchev–Trinajstić information content (AvgIpc) is 1.54. The molecule has 0 aliphatic rings. The SMILES string of the molecule is O=[N+]([O-])[O-].O=[N+]([O-])[O-].O=[N+]([O-])[O-].[Au+].[Au+].[Au+]. The zero-order valence-corrected chi connectivity index (χ0v) is 12.4. The van der Waals surface area contributed by atoms with E-state index in [9.17, 15) is 0 Å². The van der Waals surface area contributed by atoms with Crippen LogP contribution in [0.4, 0.5) is 0 Å². The second kappa shape index (κ2) is 29.2. The van der Waals surface area contributed by atoms with Gasteiger partial charge in [0.25, 0.3) is 0 Å². The third-order valence-corrected chi connectivity index (χ3v) is 0. The monoisotopic (exact) mass is 777 g/mol. The zero-order valence-electron chi connectivity index (χ0n) is 5.92. The molecule has 0 aromatic heterocycles. The molecule has 0 fully saturated rings. The molecule has 0 spiro atoms. The minimum atomic E-state index is -1.75. The first kappa shape index (κ1) is 36.4. The minimum absolute atomic E-state index is 0. The molecule has 12 nitrogen and oxygen atoms in total. The van der Waals surface area contributed by atoms with Gasteiger partial charge in [-0.3, -0.25) is 0 Å². The van der Waals surface area contributed by atoms with Crippen molar-refractivity contribution in [3.8, 4) is 0 Å². The third kappa shape index (κ3) is 60100. The van der Waals surface area contributed by atoms with Gasteiger partial charge in [0.05, 0.1) is 15.3 Å². The predicted octanol–water partition coefficient (Wildman–Crippen LogP) is -0.725. The molecule has 0 saturated heterocycles. The van der Waals surface area contributed by atoms with E-state index in [0.717, 1.165) is 0 Å². The maximum atomic E-state index is 8.25. The molecule has 0 bridgehead atoms. The summed E-state index contributed by atoms with van der Waals surface area (Å²) in [5.41, 5.74) is 0. The molecule has 0 aromatic rings. The van der Waals surface area contributed by atoms with Gasteiger partial charge in [0.2, 0.25) is 0 Å². The Bertz CT molecular complexity index is 118. The Balaban J connectivity index is -0.0000000184. The van der Waals surface area contributed by atoms with Crippen molar-refractivity contribution in [2.75, 3.05) is 0 Å². The number of hydrogen-bond donors (Lipinski definition) is 0. The van der Waals surface area contributed by atoms with Crippen LogP contribution in [0.3, 0.4) is 0 Å². The van der Waals surface area contributed by atoms with E-state index in [1.54, 1.807) is 0 Å². The van der Waals surface area contributed by atoms with E-state index >= 15 is 0 Å². The molecule has 0 radical (unpaired) electrons. The molecule has 0 aliphatic heterocycles.